The van der Waals surface area contributed by atoms with E-state index < -0.39 is 0 Å². The molecule has 4 heteroatoms. The second kappa shape index (κ2) is 7.97. The van der Waals surface area contributed by atoms with Crippen molar-refractivity contribution in [3.05, 3.63) is 79.5 Å². The molecule has 0 aliphatic rings. The fourth-order valence-corrected chi connectivity index (χ4v) is 2.11. The average Bonchev–Trinajstić information content (AvgIpc) is 2.58. The summed E-state index contributed by atoms with van der Waals surface area (Å²) >= 11 is 1.61. The first kappa shape index (κ1) is 15.8. The Kier molecular flexibility index (Phi) is 5.98. The van der Waals surface area contributed by atoms with E-state index in [1.807, 2.05) is 54.6 Å². The van der Waals surface area contributed by atoms with Gasteiger partial charge in [-0.3, -0.25) is 9.97 Å². The van der Waals surface area contributed by atoms with E-state index in [0.717, 1.165) is 28.1 Å². The standard InChI is InChI=1S/C17H13N2.ClH.Pt/c1-13-14(16-9-2-4-11-18-16)7-6-8-15(13)17-10-3-5-12-19-17;;/h2-12H,1H2;1H;/q-1;;+2/p-1. The molecule has 3 rings (SSSR count). The molecule has 0 aliphatic heterocycles. The Bertz CT molecular complexity index is 630. The van der Waals surface area contributed by atoms with E-state index in [2.05, 4.69) is 26.3 Å². The molecule has 0 aliphatic carbocycles. The van der Waals surface area contributed by atoms with Gasteiger partial charge in [0, 0.05) is 23.8 Å². The van der Waals surface area contributed by atoms with Crippen LogP contribution < -0.4 is 0 Å². The molecule has 3 aromatic rings. The van der Waals surface area contributed by atoms with Crippen LogP contribution in [0.2, 0.25) is 0 Å². The second-order valence-corrected chi connectivity index (χ2v) is 4.26. The molecule has 21 heavy (non-hydrogen) atoms. The molecule has 2 heterocycles. The number of pyridine rings is 2. The van der Waals surface area contributed by atoms with Gasteiger partial charge < -0.3 is 0 Å². The fourth-order valence-electron chi connectivity index (χ4n) is 2.11. The van der Waals surface area contributed by atoms with Crippen LogP contribution in [0.5, 0.6) is 0 Å². The van der Waals surface area contributed by atoms with Crippen molar-refractivity contribution in [3.8, 4) is 22.5 Å². The number of hydrogen-bond donors (Lipinski definition) is 0. The van der Waals surface area contributed by atoms with Crippen LogP contribution in [0, 0.1) is 6.92 Å². The minimum atomic E-state index is 0.935. The Morgan fingerprint density at radius 1 is 0.714 bits per heavy atom. The van der Waals surface area contributed by atoms with Crippen LogP contribution in [0.1, 0.15) is 5.56 Å². The van der Waals surface area contributed by atoms with Crippen molar-refractivity contribution in [3.63, 3.8) is 0 Å². The quantitative estimate of drug-likeness (QED) is 0.503. The molecule has 0 bridgehead atoms. The fraction of sp³-hybridized carbons (Fsp3) is 0. The van der Waals surface area contributed by atoms with Crippen LogP contribution in [-0.2, 0) is 18.8 Å². The van der Waals surface area contributed by atoms with Gasteiger partial charge in [-0.1, -0.05) is 18.2 Å². The van der Waals surface area contributed by atoms with Crippen molar-refractivity contribution < 1.29 is 18.8 Å². The first-order valence-corrected chi connectivity index (χ1v) is 9.07. The normalized spacial score (nSPS) is 9.67. The van der Waals surface area contributed by atoms with Gasteiger partial charge in [-0.15, -0.1) is 23.3 Å². The van der Waals surface area contributed by atoms with Crippen LogP contribution in [0.25, 0.3) is 22.5 Å². The Hall–Kier alpha value is -1.63. The van der Waals surface area contributed by atoms with Crippen molar-refractivity contribution in [1.29, 1.82) is 0 Å². The number of halogens is 1. The van der Waals surface area contributed by atoms with Gasteiger partial charge in [0.2, 0.25) is 0 Å². The van der Waals surface area contributed by atoms with Crippen LogP contribution in [0.3, 0.4) is 0 Å². The summed E-state index contributed by atoms with van der Waals surface area (Å²) in [4.78, 5) is 8.77. The van der Waals surface area contributed by atoms with E-state index in [9.17, 15) is 0 Å². The molecule has 108 valence electrons. The molecule has 0 N–H and O–H groups in total. The van der Waals surface area contributed by atoms with Crippen molar-refractivity contribution >= 4 is 9.42 Å². The summed E-state index contributed by atoms with van der Waals surface area (Å²) in [6.07, 6.45) is 3.59. The summed E-state index contributed by atoms with van der Waals surface area (Å²) in [6.45, 7) is 4.19. The summed E-state index contributed by atoms with van der Waals surface area (Å²) in [5.41, 5.74) is 4.92. The monoisotopic (exact) mass is 475 g/mol. The zero-order chi connectivity index (χ0) is 15.1. The summed E-state index contributed by atoms with van der Waals surface area (Å²) in [5, 5.41) is 0. The maximum atomic E-state index is 4.61. The topological polar surface area (TPSA) is 25.8 Å². The Balaban J connectivity index is 0.000000774. The van der Waals surface area contributed by atoms with Crippen LogP contribution >= 0.6 is 9.42 Å². The van der Waals surface area contributed by atoms with Crippen LogP contribution in [0.4, 0.5) is 0 Å². The summed E-state index contributed by atoms with van der Waals surface area (Å²) in [6, 6.07) is 17.9. The predicted molar refractivity (Wildman–Crippen MR) is 83.2 cm³/mol. The molecule has 0 amide bonds. The third kappa shape index (κ3) is 3.72. The Labute approximate surface area is 140 Å². The minimum absolute atomic E-state index is 0.935. The average molecular weight is 476 g/mol. The molecule has 1 aromatic carbocycles. The zero-order valence-corrected chi connectivity index (χ0v) is 14.2. The number of nitrogens with zero attached hydrogens (tertiary/aromatic N) is 2. The molecule has 0 saturated heterocycles. The van der Waals surface area contributed by atoms with E-state index in [1.54, 1.807) is 31.2 Å². The molecule has 0 fully saturated rings. The molecule has 0 spiro atoms. The van der Waals surface area contributed by atoms with Crippen LogP contribution in [-0.4, -0.2) is 9.97 Å². The first-order valence-electron chi connectivity index (χ1n) is 6.26. The number of benzene rings is 1. The molecule has 0 radical (unpaired) electrons. The van der Waals surface area contributed by atoms with E-state index in [0.29, 0.717) is 0 Å². The van der Waals surface area contributed by atoms with Crippen molar-refractivity contribution in [2.75, 3.05) is 0 Å². The predicted octanol–water partition coefficient (Wildman–Crippen LogP) is 4.68. The van der Waals surface area contributed by atoms with E-state index in [-0.39, 0.29) is 0 Å². The van der Waals surface area contributed by atoms with Gasteiger partial charge in [-0.25, -0.2) is 0 Å². The van der Waals surface area contributed by atoms with Gasteiger partial charge in [0.25, 0.3) is 0 Å². The van der Waals surface area contributed by atoms with Crippen LogP contribution in [0.15, 0.2) is 67.0 Å². The van der Waals surface area contributed by atoms with Gasteiger partial charge in [-0.2, -0.15) is 12.5 Å². The number of rotatable bonds is 2. The molecule has 2 nitrogen and oxygen atoms in total. The Morgan fingerprint density at radius 3 is 1.57 bits per heavy atom. The summed E-state index contributed by atoms with van der Waals surface area (Å²) in [5.74, 6) is 0. The van der Waals surface area contributed by atoms with Gasteiger partial charge in [0.1, 0.15) is 0 Å². The molecule has 0 saturated carbocycles. The zero-order valence-electron chi connectivity index (χ0n) is 11.1. The molecule has 2 aromatic heterocycles. The summed E-state index contributed by atoms with van der Waals surface area (Å²) < 4.78 is 0. The molecular formula is C17H13ClN2Pt. The number of aromatic nitrogens is 2. The number of hydrogen-bond acceptors (Lipinski definition) is 2. The molecule has 0 atom stereocenters. The van der Waals surface area contributed by atoms with E-state index >= 15 is 0 Å². The van der Waals surface area contributed by atoms with E-state index in [4.69, 9.17) is 0 Å². The SMILES string of the molecule is [CH2-]c1c(-c2ccccn2)cccc1-c1ccccn1.[Cl][Pt+]. The van der Waals surface area contributed by atoms with Gasteiger partial charge in [0.15, 0.2) is 0 Å². The second-order valence-electron chi connectivity index (χ2n) is 4.26. The van der Waals surface area contributed by atoms with Gasteiger partial charge >= 0.3 is 28.2 Å². The van der Waals surface area contributed by atoms with Crippen molar-refractivity contribution in [2.45, 2.75) is 0 Å². The first-order chi connectivity index (χ1) is 10.4. The van der Waals surface area contributed by atoms with Crippen molar-refractivity contribution in [2.24, 2.45) is 0 Å². The maximum absolute atomic E-state index is 4.61. The Morgan fingerprint density at radius 2 is 1.19 bits per heavy atom. The molecular weight excluding hydrogens is 463 g/mol. The molecule has 0 unspecified atom stereocenters. The van der Waals surface area contributed by atoms with Crippen molar-refractivity contribution in [1.82, 2.24) is 9.97 Å². The van der Waals surface area contributed by atoms with Gasteiger partial charge in [-0.05, 0) is 24.3 Å². The summed E-state index contributed by atoms with van der Waals surface area (Å²) in [7, 11) is 4.61. The van der Waals surface area contributed by atoms with E-state index in [1.165, 1.54) is 0 Å². The third-order valence-corrected chi connectivity index (χ3v) is 3.06. The third-order valence-electron chi connectivity index (χ3n) is 3.06. The van der Waals surface area contributed by atoms with Gasteiger partial charge in [0.05, 0.1) is 0 Å².